The monoisotopic (exact) mass is 571 g/mol. The van der Waals surface area contributed by atoms with Crippen LogP contribution in [0.3, 0.4) is 0 Å². The van der Waals surface area contributed by atoms with Crippen LogP contribution in [0.25, 0.3) is 0 Å². The molecule has 1 fully saturated rings. The van der Waals surface area contributed by atoms with Crippen LogP contribution in [0.1, 0.15) is 54.2 Å². The molecule has 1 aliphatic carbocycles. The van der Waals surface area contributed by atoms with Crippen molar-refractivity contribution in [2.75, 3.05) is 18.6 Å². The highest BCUT2D eigenvalue weighted by Crippen LogP contribution is 2.46. The quantitative estimate of drug-likeness (QED) is 0.282. The smallest absolute Gasteiger partial charge is 0.391 e. The number of alkyl halides is 3. The highest BCUT2D eigenvalue weighted by molar-refractivity contribution is 8.26. The molecule has 1 amide bonds. The van der Waals surface area contributed by atoms with Gasteiger partial charge in [-0.25, -0.2) is 8.78 Å². The van der Waals surface area contributed by atoms with Gasteiger partial charge in [0.1, 0.15) is 22.3 Å². The Balaban J connectivity index is 1.66. The number of halogens is 5. The average molecular weight is 572 g/mol. The molecule has 3 N–H and O–H groups in total. The van der Waals surface area contributed by atoms with Gasteiger partial charge in [-0.2, -0.15) is 13.2 Å². The number of hydrogen-bond donors (Lipinski definition) is 3. The molecule has 1 saturated carbocycles. The van der Waals surface area contributed by atoms with Crippen LogP contribution in [0, 0.1) is 28.4 Å². The van der Waals surface area contributed by atoms with Crippen molar-refractivity contribution in [3.63, 3.8) is 0 Å². The fourth-order valence-corrected chi connectivity index (χ4v) is 6.10. The van der Waals surface area contributed by atoms with Crippen molar-refractivity contribution in [3.8, 4) is 5.75 Å². The van der Waals surface area contributed by atoms with Crippen molar-refractivity contribution in [2.24, 2.45) is 5.92 Å². The van der Waals surface area contributed by atoms with E-state index in [9.17, 15) is 36.6 Å². The van der Waals surface area contributed by atoms with Crippen LogP contribution in [0.2, 0.25) is 0 Å². The number of amides is 1. The topological polar surface area (TPSA) is 113 Å². The van der Waals surface area contributed by atoms with Gasteiger partial charge in [-0.1, -0.05) is 17.8 Å². The van der Waals surface area contributed by atoms with Crippen molar-refractivity contribution < 1.29 is 31.9 Å². The third-order valence-corrected chi connectivity index (χ3v) is 8.26. The molecular formula is C25H26F5N5O3S. The summed E-state index contributed by atoms with van der Waals surface area (Å²) in [5.41, 5.74) is -2.91. The van der Waals surface area contributed by atoms with Gasteiger partial charge in [0.05, 0.1) is 16.5 Å². The van der Waals surface area contributed by atoms with E-state index in [1.165, 1.54) is 21.6 Å². The summed E-state index contributed by atoms with van der Waals surface area (Å²) in [7, 11) is 1.54. The summed E-state index contributed by atoms with van der Waals surface area (Å²) < 4.78 is 68.4. The van der Waals surface area contributed by atoms with Crippen LogP contribution in [0.5, 0.6) is 5.75 Å². The minimum atomic E-state index is -4.36. The Labute approximate surface area is 224 Å². The second-order valence-corrected chi connectivity index (χ2v) is 10.7. The van der Waals surface area contributed by atoms with Gasteiger partial charge in [0.2, 0.25) is 5.43 Å². The summed E-state index contributed by atoms with van der Waals surface area (Å²) in [4.78, 5) is 27.8. The van der Waals surface area contributed by atoms with Crippen LogP contribution in [0.15, 0.2) is 29.2 Å². The van der Waals surface area contributed by atoms with E-state index in [-0.39, 0.29) is 60.5 Å². The number of thioether (sulfide) groups is 1. The van der Waals surface area contributed by atoms with Gasteiger partial charge in [0.25, 0.3) is 5.91 Å². The first-order chi connectivity index (χ1) is 18.2. The van der Waals surface area contributed by atoms with Crippen molar-refractivity contribution in [1.82, 2.24) is 9.58 Å². The maximum absolute atomic E-state index is 14.0. The van der Waals surface area contributed by atoms with E-state index < -0.39 is 51.5 Å². The Kier molecular flexibility index (Phi) is 7.54. The van der Waals surface area contributed by atoms with Crippen LogP contribution >= 0.6 is 11.8 Å². The average Bonchev–Trinajstić information content (AvgIpc) is 2.86. The summed E-state index contributed by atoms with van der Waals surface area (Å²) in [6.45, 7) is 1.78. The molecule has 1 spiro atoms. The number of benzene rings is 1. The molecule has 0 unspecified atom stereocenters. The molecule has 1 aromatic carbocycles. The fourth-order valence-electron chi connectivity index (χ4n) is 5.37. The molecule has 210 valence electrons. The molecule has 2 heterocycles. The van der Waals surface area contributed by atoms with E-state index in [0.717, 1.165) is 18.3 Å². The Morgan fingerprint density at radius 3 is 2.38 bits per heavy atom. The van der Waals surface area contributed by atoms with E-state index in [0.29, 0.717) is 17.8 Å². The maximum Gasteiger partial charge on any atom is 0.391 e. The number of nitrogens with one attached hydrogen (secondary N) is 2. The molecule has 14 heteroatoms. The molecule has 0 saturated heterocycles. The van der Waals surface area contributed by atoms with Crippen molar-refractivity contribution in [1.29, 1.82) is 10.8 Å². The number of nitrogens with zero attached hydrogens (tertiary/aromatic N) is 3. The number of fused-ring (bicyclic) bond motifs is 1. The van der Waals surface area contributed by atoms with E-state index in [1.807, 2.05) is 0 Å². The van der Waals surface area contributed by atoms with Gasteiger partial charge in [-0.05, 0) is 44.2 Å². The second kappa shape index (κ2) is 10.3. The molecule has 0 bridgehead atoms. The largest absolute Gasteiger partial charge is 0.502 e. The standard InChI is InChI=1S/C25H26F5N5O3S/c1-3-34-23(38)19-21(37)20(36)16(22(32)39-18(31)10-13-4-5-15(26)11-17(13)27)12-35(19)33(2)24(34)8-6-14(7-9-24)25(28,29)30/h4-5,11-12,14,31-32,37H,3,6-10H2,1-2H3. The lowest BCUT2D eigenvalue weighted by molar-refractivity contribution is -0.188. The number of aromatic hydroxyl groups is 1. The molecular weight excluding hydrogens is 545 g/mol. The van der Waals surface area contributed by atoms with E-state index in [4.69, 9.17) is 10.8 Å². The Morgan fingerprint density at radius 2 is 1.82 bits per heavy atom. The Morgan fingerprint density at radius 1 is 1.18 bits per heavy atom. The van der Waals surface area contributed by atoms with Crippen molar-refractivity contribution >= 4 is 27.8 Å². The fraction of sp³-hybridized carbons (Fsp3) is 0.440. The van der Waals surface area contributed by atoms with Crippen LogP contribution < -0.4 is 10.4 Å². The van der Waals surface area contributed by atoms with Crippen LogP contribution in [0.4, 0.5) is 22.0 Å². The normalized spacial score (nSPS) is 21.3. The minimum absolute atomic E-state index is 0.00497. The zero-order valence-corrected chi connectivity index (χ0v) is 21.8. The first-order valence-electron chi connectivity index (χ1n) is 12.1. The molecule has 8 nitrogen and oxygen atoms in total. The Bertz CT molecular complexity index is 1400. The number of hydrogen-bond acceptors (Lipinski definition) is 7. The number of aromatic nitrogens is 1. The minimum Gasteiger partial charge on any atom is -0.502 e. The summed E-state index contributed by atoms with van der Waals surface area (Å²) in [6, 6.07) is 2.85. The molecule has 39 heavy (non-hydrogen) atoms. The molecule has 4 rings (SSSR count). The van der Waals surface area contributed by atoms with Crippen molar-refractivity contribution in [3.05, 3.63) is 63.1 Å². The van der Waals surface area contributed by atoms with Gasteiger partial charge in [0, 0.05) is 32.3 Å². The summed E-state index contributed by atoms with van der Waals surface area (Å²) >= 11 is 0.514. The van der Waals surface area contributed by atoms with Gasteiger partial charge < -0.3 is 10.0 Å². The van der Waals surface area contributed by atoms with Gasteiger partial charge >= 0.3 is 6.18 Å². The predicted octanol–water partition coefficient (Wildman–Crippen LogP) is 4.60. The van der Waals surface area contributed by atoms with Gasteiger partial charge in [-0.3, -0.25) is 30.1 Å². The van der Waals surface area contributed by atoms with E-state index in [1.54, 1.807) is 6.92 Å². The van der Waals surface area contributed by atoms with Crippen LogP contribution in [-0.2, 0) is 6.42 Å². The van der Waals surface area contributed by atoms with Crippen LogP contribution in [-0.4, -0.2) is 56.1 Å². The third kappa shape index (κ3) is 5.01. The molecule has 0 radical (unpaired) electrons. The number of pyridine rings is 1. The molecule has 1 aliphatic heterocycles. The van der Waals surface area contributed by atoms with E-state index >= 15 is 0 Å². The number of rotatable bonds is 4. The third-order valence-electron chi connectivity index (χ3n) is 7.44. The molecule has 0 atom stereocenters. The Hall–Kier alpha value is -3.42. The van der Waals surface area contributed by atoms with Crippen molar-refractivity contribution in [2.45, 2.75) is 50.9 Å². The molecule has 2 aliphatic rings. The number of carbonyl (C=O) groups is 1. The highest BCUT2D eigenvalue weighted by Gasteiger charge is 2.54. The summed E-state index contributed by atoms with van der Waals surface area (Å²) in [6.07, 6.45) is -3.93. The second-order valence-electron chi connectivity index (χ2n) is 9.55. The molecule has 2 aromatic rings. The number of carbonyl (C=O) groups excluding carboxylic acids is 1. The zero-order valence-electron chi connectivity index (χ0n) is 21.0. The van der Waals surface area contributed by atoms with Gasteiger partial charge in [-0.15, -0.1) is 0 Å². The maximum atomic E-state index is 14.0. The highest BCUT2D eigenvalue weighted by atomic mass is 32.2. The predicted molar refractivity (Wildman–Crippen MR) is 136 cm³/mol. The first-order valence-corrected chi connectivity index (χ1v) is 12.9. The summed E-state index contributed by atoms with van der Waals surface area (Å²) in [5.74, 6) is -4.81. The lowest BCUT2D eigenvalue weighted by Gasteiger charge is -2.56. The lowest BCUT2D eigenvalue weighted by atomic mass is 9.79. The first kappa shape index (κ1) is 28.6. The lowest BCUT2D eigenvalue weighted by Crippen LogP contribution is -2.70. The summed E-state index contributed by atoms with van der Waals surface area (Å²) in [5, 5.41) is 28.1. The SMILES string of the molecule is CCN1C(=O)c2c(O)c(=O)c(C(=N)SC(=N)Cc3ccc(F)cc3F)cn2N(C)C12CCC(C(F)(F)F)CC2. The van der Waals surface area contributed by atoms with E-state index in [2.05, 4.69) is 0 Å². The van der Waals surface area contributed by atoms with Gasteiger partial charge in [0.15, 0.2) is 11.4 Å². The molecule has 1 aromatic heterocycles. The zero-order chi connectivity index (χ0) is 28.9.